The largest absolute Gasteiger partial charge is 0.481 e. The van der Waals surface area contributed by atoms with E-state index in [-0.39, 0.29) is 25.8 Å². The Hall–Kier alpha value is -3.95. The summed E-state index contributed by atoms with van der Waals surface area (Å²) < 4.78 is 0. The van der Waals surface area contributed by atoms with Crippen LogP contribution in [0, 0.1) is 0 Å². The van der Waals surface area contributed by atoms with Crippen molar-refractivity contribution in [3.8, 4) is 0 Å². The van der Waals surface area contributed by atoms with E-state index >= 15 is 0 Å². The molecule has 2 aromatic carbocycles. The summed E-state index contributed by atoms with van der Waals surface area (Å²) in [5.74, 6) is -3.98. The number of anilines is 1. The topological polar surface area (TPSA) is 153 Å². The number of carboxylic acids is 2. The molecule has 2 aromatic rings. The van der Waals surface area contributed by atoms with Gasteiger partial charge in [-0.05, 0) is 38.0 Å². The number of carbonyl (C=O) groups is 5. The highest BCUT2D eigenvalue weighted by Gasteiger charge is 2.33. The zero-order chi connectivity index (χ0) is 24.1. The minimum absolute atomic E-state index is 0.0112. The van der Waals surface area contributed by atoms with E-state index in [0.717, 1.165) is 16.0 Å². The minimum atomic E-state index is -1.33. The first-order valence-electron chi connectivity index (χ1n) is 10.6. The predicted molar refractivity (Wildman–Crippen MR) is 119 cm³/mol. The lowest BCUT2D eigenvalue weighted by Gasteiger charge is -2.28. The molecule has 174 valence electrons. The Bertz CT molecular complexity index is 1110. The molecule has 10 nitrogen and oxygen atoms in total. The summed E-state index contributed by atoms with van der Waals surface area (Å²) in [6, 6.07) is 7.43. The zero-order valence-electron chi connectivity index (χ0n) is 18.1. The number of rotatable bonds is 11. The van der Waals surface area contributed by atoms with Gasteiger partial charge in [0.25, 0.3) is 11.8 Å². The molecule has 3 rings (SSSR count). The summed E-state index contributed by atoms with van der Waals surface area (Å²) in [6.07, 6.45) is -0.622. The third-order valence-electron chi connectivity index (χ3n) is 5.42. The molecule has 33 heavy (non-hydrogen) atoms. The highest BCUT2D eigenvalue weighted by atomic mass is 16.4. The van der Waals surface area contributed by atoms with Gasteiger partial charge in [0.05, 0.1) is 0 Å². The quantitative estimate of drug-likeness (QED) is 0.376. The van der Waals surface area contributed by atoms with Crippen LogP contribution in [0.25, 0.3) is 10.8 Å². The Morgan fingerprint density at radius 1 is 1.00 bits per heavy atom. The van der Waals surface area contributed by atoms with Crippen LogP contribution in [0.3, 0.4) is 0 Å². The predicted octanol–water partition coefficient (Wildman–Crippen LogP) is 2.08. The van der Waals surface area contributed by atoms with Crippen LogP contribution in [0.2, 0.25) is 0 Å². The number of carbonyl (C=O) groups excluding carboxylic acids is 3. The molecule has 1 aliphatic rings. The highest BCUT2D eigenvalue weighted by Crippen LogP contribution is 2.34. The van der Waals surface area contributed by atoms with Crippen molar-refractivity contribution in [2.24, 2.45) is 0 Å². The first-order valence-corrected chi connectivity index (χ1v) is 10.6. The second-order valence-electron chi connectivity index (χ2n) is 7.68. The van der Waals surface area contributed by atoms with Gasteiger partial charge < -0.3 is 20.8 Å². The van der Waals surface area contributed by atoms with Crippen LogP contribution in [-0.4, -0.2) is 63.9 Å². The Morgan fingerprint density at radius 2 is 1.70 bits per heavy atom. The monoisotopic (exact) mass is 455 g/mol. The van der Waals surface area contributed by atoms with Crippen LogP contribution in [0.5, 0.6) is 0 Å². The zero-order valence-corrected chi connectivity index (χ0v) is 18.1. The summed E-state index contributed by atoms with van der Waals surface area (Å²) in [5.41, 5.74) is 1.65. The number of nitrogens with zero attached hydrogens (tertiary/aromatic N) is 1. The van der Waals surface area contributed by atoms with Gasteiger partial charge in [0, 0.05) is 53.5 Å². The smallest absolute Gasteiger partial charge is 0.326 e. The molecule has 0 unspecified atom stereocenters. The third-order valence-corrected chi connectivity index (χ3v) is 5.42. The van der Waals surface area contributed by atoms with Gasteiger partial charge in [0.2, 0.25) is 5.91 Å². The van der Waals surface area contributed by atoms with E-state index in [9.17, 15) is 24.0 Å². The number of amides is 3. The van der Waals surface area contributed by atoms with Crippen molar-refractivity contribution in [2.75, 3.05) is 18.4 Å². The summed E-state index contributed by atoms with van der Waals surface area (Å²) in [5, 5.41) is 24.7. The van der Waals surface area contributed by atoms with Gasteiger partial charge >= 0.3 is 11.9 Å². The minimum Gasteiger partial charge on any atom is -0.481 e. The molecule has 0 aliphatic carbocycles. The molecule has 0 spiro atoms. The molecule has 0 bridgehead atoms. The van der Waals surface area contributed by atoms with Gasteiger partial charge in [-0.25, -0.2) is 4.79 Å². The molecular weight excluding hydrogens is 430 g/mol. The maximum atomic E-state index is 13.0. The number of carboxylic acid groups (broad SMARTS) is 2. The average molecular weight is 455 g/mol. The molecule has 10 heteroatoms. The number of nitrogens with one attached hydrogen (secondary N) is 2. The number of hydrogen-bond acceptors (Lipinski definition) is 6. The second kappa shape index (κ2) is 10.1. The molecule has 0 fully saturated rings. The summed E-state index contributed by atoms with van der Waals surface area (Å²) in [4.78, 5) is 61.2. The fourth-order valence-corrected chi connectivity index (χ4v) is 3.88. The van der Waals surface area contributed by atoms with Crippen LogP contribution in [-0.2, 0) is 14.4 Å². The van der Waals surface area contributed by atoms with E-state index in [1.54, 1.807) is 24.3 Å². The van der Waals surface area contributed by atoms with Gasteiger partial charge in [0.15, 0.2) is 0 Å². The van der Waals surface area contributed by atoms with Crippen molar-refractivity contribution in [2.45, 2.75) is 38.6 Å². The third kappa shape index (κ3) is 5.11. The van der Waals surface area contributed by atoms with Crippen molar-refractivity contribution >= 4 is 46.1 Å². The number of aliphatic carboxylic acids is 2. The van der Waals surface area contributed by atoms with Crippen molar-refractivity contribution in [1.29, 1.82) is 0 Å². The normalized spacial score (nSPS) is 13.7. The van der Waals surface area contributed by atoms with Crippen LogP contribution < -0.4 is 10.6 Å². The SMILES string of the molecule is CCNc1ccc2c3c(cccc13)C(=O)N(CCCC(=O)N[C@@H](CCC(=O)O)C(=O)O)C2=O. The van der Waals surface area contributed by atoms with Gasteiger partial charge in [-0.3, -0.25) is 24.1 Å². The molecule has 0 saturated carbocycles. The molecule has 4 N–H and O–H groups in total. The van der Waals surface area contributed by atoms with E-state index in [4.69, 9.17) is 10.2 Å². The fourth-order valence-electron chi connectivity index (χ4n) is 3.88. The van der Waals surface area contributed by atoms with Crippen LogP contribution in [0.4, 0.5) is 5.69 Å². The first-order chi connectivity index (χ1) is 15.7. The van der Waals surface area contributed by atoms with E-state index < -0.39 is 42.1 Å². The average Bonchev–Trinajstić information content (AvgIpc) is 2.77. The Balaban J connectivity index is 1.68. The van der Waals surface area contributed by atoms with Crippen LogP contribution in [0.1, 0.15) is 53.3 Å². The van der Waals surface area contributed by atoms with Crippen molar-refractivity contribution in [1.82, 2.24) is 10.2 Å². The van der Waals surface area contributed by atoms with Gasteiger partial charge in [0.1, 0.15) is 6.04 Å². The van der Waals surface area contributed by atoms with Gasteiger partial charge in [-0.2, -0.15) is 0 Å². The maximum absolute atomic E-state index is 13.0. The summed E-state index contributed by atoms with van der Waals surface area (Å²) in [6.45, 7) is 2.63. The maximum Gasteiger partial charge on any atom is 0.326 e. The van der Waals surface area contributed by atoms with E-state index in [1.807, 2.05) is 13.0 Å². The van der Waals surface area contributed by atoms with Crippen molar-refractivity contribution in [3.05, 3.63) is 41.5 Å². The molecule has 0 saturated heterocycles. The van der Waals surface area contributed by atoms with E-state index in [1.165, 1.54) is 0 Å². The van der Waals surface area contributed by atoms with E-state index in [0.29, 0.717) is 23.1 Å². The number of imide groups is 1. The van der Waals surface area contributed by atoms with Crippen molar-refractivity contribution < 1.29 is 34.2 Å². The molecule has 0 aromatic heterocycles. The molecular formula is C23H25N3O7. The van der Waals surface area contributed by atoms with Crippen LogP contribution >= 0.6 is 0 Å². The Kier molecular flexibility index (Phi) is 7.27. The standard InChI is InChI=1S/C23H25N3O7/c1-2-24-16-9-8-15-20-13(16)5-3-6-14(20)21(30)26(22(15)31)12-4-7-18(27)25-17(23(32)33)10-11-19(28)29/h3,5-6,8-9,17,24H,2,4,7,10-12H2,1H3,(H,25,27)(H,28,29)(H,32,33)/t17-/m0/s1. The van der Waals surface area contributed by atoms with Crippen LogP contribution in [0.15, 0.2) is 30.3 Å². The fraction of sp³-hybridized carbons (Fsp3) is 0.348. The van der Waals surface area contributed by atoms with Gasteiger partial charge in [-0.1, -0.05) is 12.1 Å². The highest BCUT2D eigenvalue weighted by molar-refractivity contribution is 6.26. The molecule has 1 heterocycles. The lowest BCUT2D eigenvalue weighted by atomic mass is 9.93. The second-order valence-corrected chi connectivity index (χ2v) is 7.68. The first kappa shape index (κ1) is 23.7. The van der Waals surface area contributed by atoms with Crippen molar-refractivity contribution in [3.63, 3.8) is 0 Å². The lowest BCUT2D eigenvalue weighted by Crippen LogP contribution is -2.43. The summed E-state index contributed by atoms with van der Waals surface area (Å²) in [7, 11) is 0. The Labute approximate surface area is 189 Å². The number of hydrogen-bond donors (Lipinski definition) is 4. The van der Waals surface area contributed by atoms with Gasteiger partial charge in [-0.15, -0.1) is 0 Å². The summed E-state index contributed by atoms with van der Waals surface area (Å²) >= 11 is 0. The Morgan fingerprint density at radius 3 is 2.33 bits per heavy atom. The molecule has 1 atom stereocenters. The molecule has 3 amide bonds. The van der Waals surface area contributed by atoms with E-state index in [2.05, 4.69) is 10.6 Å². The molecule has 0 radical (unpaired) electrons. The molecule has 1 aliphatic heterocycles. The lowest BCUT2D eigenvalue weighted by molar-refractivity contribution is -0.143. The number of benzene rings is 2.